The average molecular weight is 214 g/mol. The van der Waals surface area contributed by atoms with Crippen molar-refractivity contribution in [2.45, 2.75) is 51.9 Å². The van der Waals surface area contributed by atoms with Crippen molar-refractivity contribution < 1.29 is 31.0 Å². The summed E-state index contributed by atoms with van der Waals surface area (Å²) in [6.07, 6.45) is 6.66. The van der Waals surface area contributed by atoms with E-state index >= 15 is 0 Å². The van der Waals surface area contributed by atoms with Gasteiger partial charge in [0.05, 0.1) is 0 Å². The monoisotopic (exact) mass is 214 g/mol. The van der Waals surface area contributed by atoms with Crippen LogP contribution in [0.25, 0.3) is 0 Å². The first-order valence-electron chi connectivity index (χ1n) is 5.93. The summed E-state index contributed by atoms with van der Waals surface area (Å²) in [6, 6.07) is 11.0. The van der Waals surface area contributed by atoms with Crippen molar-refractivity contribution in [3.05, 3.63) is 35.9 Å². The van der Waals surface area contributed by atoms with Gasteiger partial charge < -0.3 is 1.43 Å². The van der Waals surface area contributed by atoms with Crippen LogP contribution in [0, 0.1) is 0 Å². The summed E-state index contributed by atoms with van der Waals surface area (Å²) >= 11 is 0. The summed E-state index contributed by atoms with van der Waals surface area (Å²) in [7, 11) is 0. The van der Waals surface area contributed by atoms with Gasteiger partial charge in [0.25, 0.3) is 0 Å². The molecule has 0 aliphatic carbocycles. The number of rotatable bonds is 6. The van der Waals surface area contributed by atoms with Gasteiger partial charge in [0.15, 0.2) is 0 Å². The molecule has 0 spiro atoms. The van der Waals surface area contributed by atoms with Crippen LogP contribution in [0.3, 0.4) is 0 Å². The Morgan fingerprint density at radius 3 is 2.20 bits per heavy atom. The third kappa shape index (κ3) is 5.75. The molecule has 80 valence electrons. The van der Waals surface area contributed by atoms with E-state index in [2.05, 4.69) is 44.2 Å². The average Bonchev–Trinajstić information content (AvgIpc) is 2.25. The van der Waals surface area contributed by atoms with Crippen molar-refractivity contribution in [1.82, 2.24) is 0 Å². The van der Waals surface area contributed by atoms with Crippen molar-refractivity contribution >= 4 is 0 Å². The molecule has 0 aliphatic heterocycles. The Hall–Kier alpha value is 0.220. The van der Waals surface area contributed by atoms with Crippen LogP contribution in [0.1, 0.15) is 58.9 Å². The van der Waals surface area contributed by atoms with Gasteiger partial charge in [0, 0.05) is 0 Å². The molecule has 1 aromatic rings. The number of hydrogen-bond donors (Lipinski definition) is 0. The fourth-order valence-electron chi connectivity index (χ4n) is 2.00. The standard InChI is InChI=1S/C14H22.Na.H/c1-3-5-10-13(9-4-2)14-11-7-6-8-12-14;;/h6-8,11-13H,3-5,9-10H2,1-2H3;;/q;+1;-1. The Bertz CT molecular complexity index is 236. The van der Waals surface area contributed by atoms with Crippen LogP contribution in [0.5, 0.6) is 0 Å². The number of benzene rings is 1. The minimum atomic E-state index is 0. The smallest absolute Gasteiger partial charge is 1.00 e. The second kappa shape index (κ2) is 9.45. The van der Waals surface area contributed by atoms with Crippen molar-refractivity contribution in [1.29, 1.82) is 0 Å². The molecule has 0 heterocycles. The second-order valence-electron chi connectivity index (χ2n) is 4.04. The minimum absolute atomic E-state index is 0. The van der Waals surface area contributed by atoms with Crippen LogP contribution in [0.2, 0.25) is 0 Å². The number of hydrogen-bond acceptors (Lipinski definition) is 0. The van der Waals surface area contributed by atoms with Crippen molar-refractivity contribution in [2.75, 3.05) is 0 Å². The summed E-state index contributed by atoms with van der Waals surface area (Å²) in [4.78, 5) is 0. The van der Waals surface area contributed by atoms with Gasteiger partial charge in [-0.3, -0.25) is 0 Å². The van der Waals surface area contributed by atoms with E-state index in [4.69, 9.17) is 0 Å². The van der Waals surface area contributed by atoms with Crippen LogP contribution in [-0.4, -0.2) is 0 Å². The summed E-state index contributed by atoms with van der Waals surface area (Å²) in [5.41, 5.74) is 1.53. The largest absolute Gasteiger partial charge is 1.00 e. The van der Waals surface area contributed by atoms with E-state index in [9.17, 15) is 0 Å². The minimum Gasteiger partial charge on any atom is -1.00 e. The van der Waals surface area contributed by atoms with Gasteiger partial charge in [-0.15, -0.1) is 0 Å². The first-order valence-corrected chi connectivity index (χ1v) is 5.93. The molecule has 0 bridgehead atoms. The van der Waals surface area contributed by atoms with E-state index in [1.54, 1.807) is 0 Å². The molecular formula is C14H23Na. The quantitative estimate of drug-likeness (QED) is 0.634. The molecule has 1 unspecified atom stereocenters. The van der Waals surface area contributed by atoms with Gasteiger partial charge in [0.2, 0.25) is 0 Å². The Kier molecular flexibility index (Phi) is 9.58. The van der Waals surface area contributed by atoms with E-state index in [0.29, 0.717) is 0 Å². The molecule has 1 aromatic carbocycles. The Morgan fingerprint density at radius 1 is 1.00 bits per heavy atom. The third-order valence-electron chi connectivity index (χ3n) is 2.81. The van der Waals surface area contributed by atoms with Gasteiger partial charge in [-0.05, 0) is 24.3 Å². The van der Waals surface area contributed by atoms with E-state index in [1.165, 1.54) is 37.7 Å². The van der Waals surface area contributed by atoms with Gasteiger partial charge in [-0.1, -0.05) is 63.4 Å². The fourth-order valence-corrected chi connectivity index (χ4v) is 2.00. The maximum Gasteiger partial charge on any atom is 1.00 e. The molecule has 0 radical (unpaired) electrons. The maximum atomic E-state index is 2.28. The zero-order chi connectivity index (χ0) is 10.2. The SMILES string of the molecule is CCCCC(CCC)c1ccccc1.[H-].[Na+]. The van der Waals surface area contributed by atoms with Gasteiger partial charge in [-0.2, -0.15) is 0 Å². The van der Waals surface area contributed by atoms with E-state index < -0.39 is 0 Å². The Balaban J connectivity index is 0. The fraction of sp³-hybridized carbons (Fsp3) is 0.571. The molecule has 0 aromatic heterocycles. The van der Waals surface area contributed by atoms with E-state index in [0.717, 1.165) is 5.92 Å². The van der Waals surface area contributed by atoms with E-state index in [-0.39, 0.29) is 31.0 Å². The second-order valence-corrected chi connectivity index (χ2v) is 4.04. The van der Waals surface area contributed by atoms with Crippen LogP contribution in [-0.2, 0) is 0 Å². The van der Waals surface area contributed by atoms with E-state index in [1.807, 2.05) is 0 Å². The Labute approximate surface area is 118 Å². The molecule has 0 saturated heterocycles. The zero-order valence-electron chi connectivity index (χ0n) is 11.5. The van der Waals surface area contributed by atoms with Gasteiger partial charge in [-0.25, -0.2) is 0 Å². The summed E-state index contributed by atoms with van der Waals surface area (Å²) in [6.45, 7) is 4.55. The van der Waals surface area contributed by atoms with Crippen molar-refractivity contribution in [3.63, 3.8) is 0 Å². The summed E-state index contributed by atoms with van der Waals surface area (Å²) in [5.74, 6) is 0.793. The van der Waals surface area contributed by atoms with Crippen LogP contribution >= 0.6 is 0 Å². The molecule has 0 fully saturated rings. The third-order valence-corrected chi connectivity index (χ3v) is 2.81. The van der Waals surface area contributed by atoms with Crippen LogP contribution in [0.4, 0.5) is 0 Å². The van der Waals surface area contributed by atoms with Crippen molar-refractivity contribution in [3.8, 4) is 0 Å². The molecule has 0 N–H and O–H groups in total. The molecule has 1 atom stereocenters. The first-order chi connectivity index (χ1) is 6.88. The van der Waals surface area contributed by atoms with Crippen molar-refractivity contribution in [2.24, 2.45) is 0 Å². The molecule has 1 rings (SSSR count). The number of unbranched alkanes of at least 4 members (excludes halogenated alkanes) is 1. The van der Waals surface area contributed by atoms with Gasteiger partial charge >= 0.3 is 29.6 Å². The Morgan fingerprint density at radius 2 is 1.67 bits per heavy atom. The summed E-state index contributed by atoms with van der Waals surface area (Å²) in [5, 5.41) is 0. The predicted octanol–water partition coefficient (Wildman–Crippen LogP) is 1.88. The molecular weight excluding hydrogens is 191 g/mol. The topological polar surface area (TPSA) is 0 Å². The van der Waals surface area contributed by atoms with Crippen LogP contribution < -0.4 is 29.6 Å². The first kappa shape index (κ1) is 15.2. The summed E-state index contributed by atoms with van der Waals surface area (Å²) < 4.78 is 0. The predicted molar refractivity (Wildman–Crippen MR) is 64.7 cm³/mol. The molecule has 0 aliphatic rings. The zero-order valence-corrected chi connectivity index (χ0v) is 12.5. The molecule has 0 amide bonds. The molecule has 0 saturated carbocycles. The van der Waals surface area contributed by atoms with Crippen LogP contribution in [0.15, 0.2) is 30.3 Å². The molecule has 15 heavy (non-hydrogen) atoms. The molecule has 1 heteroatoms. The van der Waals surface area contributed by atoms with Gasteiger partial charge in [0.1, 0.15) is 0 Å². The normalized spacial score (nSPS) is 11.9. The molecule has 0 nitrogen and oxygen atoms in total. The maximum absolute atomic E-state index is 2.28.